The molecule has 0 fully saturated rings. The molecule has 21 heavy (non-hydrogen) atoms. The third-order valence-corrected chi connectivity index (χ3v) is 3.02. The molecule has 1 amide bonds. The van der Waals surface area contributed by atoms with Crippen molar-refractivity contribution >= 4 is 5.91 Å². The standard InChI is InChI=1S/C15H23NO5/c1-9(6-10(2)17)16-15(18)11-7-13(20-4)14(21-5)8-12(11)19-3/h7-10,17H,6H2,1-5H3,(H,16,18)/t9-,10+/m1/s1. The van der Waals surface area contributed by atoms with Crippen molar-refractivity contribution in [2.75, 3.05) is 21.3 Å². The Labute approximate surface area is 125 Å². The van der Waals surface area contributed by atoms with Gasteiger partial charge >= 0.3 is 0 Å². The van der Waals surface area contributed by atoms with Crippen molar-refractivity contribution in [3.8, 4) is 17.2 Å². The highest BCUT2D eigenvalue weighted by Crippen LogP contribution is 2.34. The number of carbonyl (C=O) groups excluding carboxylic acids is 1. The van der Waals surface area contributed by atoms with Gasteiger partial charge in [-0.3, -0.25) is 4.79 Å². The van der Waals surface area contributed by atoms with Crippen molar-refractivity contribution in [3.63, 3.8) is 0 Å². The van der Waals surface area contributed by atoms with Crippen LogP contribution >= 0.6 is 0 Å². The molecular formula is C15H23NO5. The number of rotatable bonds is 7. The predicted molar refractivity (Wildman–Crippen MR) is 79.3 cm³/mol. The van der Waals surface area contributed by atoms with Crippen LogP contribution in [0.3, 0.4) is 0 Å². The Morgan fingerprint density at radius 2 is 1.62 bits per heavy atom. The van der Waals surface area contributed by atoms with E-state index in [0.717, 1.165) is 0 Å². The van der Waals surface area contributed by atoms with Crippen LogP contribution < -0.4 is 19.5 Å². The number of hydrogen-bond donors (Lipinski definition) is 2. The molecule has 0 heterocycles. The third-order valence-electron chi connectivity index (χ3n) is 3.02. The molecule has 0 aliphatic rings. The zero-order valence-corrected chi connectivity index (χ0v) is 13.1. The van der Waals surface area contributed by atoms with Crippen molar-refractivity contribution in [1.29, 1.82) is 0 Å². The van der Waals surface area contributed by atoms with Crippen LogP contribution in [0.4, 0.5) is 0 Å². The molecule has 2 N–H and O–H groups in total. The molecule has 1 rings (SSSR count). The lowest BCUT2D eigenvalue weighted by Crippen LogP contribution is -2.34. The van der Waals surface area contributed by atoms with Crippen LogP contribution in [-0.4, -0.2) is 44.5 Å². The fraction of sp³-hybridized carbons (Fsp3) is 0.533. The highest BCUT2D eigenvalue weighted by Gasteiger charge is 2.19. The number of amides is 1. The zero-order chi connectivity index (χ0) is 16.0. The van der Waals surface area contributed by atoms with Crippen molar-refractivity contribution in [3.05, 3.63) is 17.7 Å². The summed E-state index contributed by atoms with van der Waals surface area (Å²) in [7, 11) is 4.50. The minimum atomic E-state index is -0.479. The molecule has 6 nitrogen and oxygen atoms in total. The first-order chi connectivity index (χ1) is 9.92. The summed E-state index contributed by atoms with van der Waals surface area (Å²) >= 11 is 0. The quantitative estimate of drug-likeness (QED) is 0.799. The van der Waals surface area contributed by atoms with E-state index in [9.17, 15) is 9.90 Å². The Bertz CT molecular complexity index is 487. The molecule has 0 bridgehead atoms. The second kappa shape index (κ2) is 7.73. The van der Waals surface area contributed by atoms with Crippen molar-refractivity contribution in [1.82, 2.24) is 5.32 Å². The first-order valence-electron chi connectivity index (χ1n) is 6.71. The molecule has 0 aromatic heterocycles. The van der Waals surface area contributed by atoms with Gasteiger partial charge in [0.25, 0.3) is 5.91 Å². The summed E-state index contributed by atoms with van der Waals surface area (Å²) < 4.78 is 15.6. The number of methoxy groups -OCH3 is 3. The zero-order valence-electron chi connectivity index (χ0n) is 13.1. The monoisotopic (exact) mass is 297 g/mol. The number of ether oxygens (including phenoxy) is 3. The Morgan fingerprint density at radius 3 is 2.10 bits per heavy atom. The van der Waals surface area contributed by atoms with Gasteiger partial charge in [0.1, 0.15) is 5.75 Å². The molecule has 6 heteroatoms. The number of nitrogens with one attached hydrogen (secondary N) is 1. The van der Waals surface area contributed by atoms with E-state index in [-0.39, 0.29) is 11.9 Å². The number of benzene rings is 1. The van der Waals surface area contributed by atoms with Gasteiger partial charge in [0.15, 0.2) is 11.5 Å². The molecular weight excluding hydrogens is 274 g/mol. The van der Waals surface area contributed by atoms with Crippen molar-refractivity contribution in [2.45, 2.75) is 32.4 Å². The van der Waals surface area contributed by atoms with Crippen molar-refractivity contribution in [2.24, 2.45) is 0 Å². The van der Waals surface area contributed by atoms with Gasteiger partial charge in [-0.25, -0.2) is 0 Å². The molecule has 0 saturated carbocycles. The van der Waals surface area contributed by atoms with E-state index >= 15 is 0 Å². The Morgan fingerprint density at radius 1 is 1.10 bits per heavy atom. The van der Waals surface area contributed by atoms with Crippen LogP contribution in [0.5, 0.6) is 17.2 Å². The maximum absolute atomic E-state index is 12.3. The molecule has 118 valence electrons. The van der Waals surface area contributed by atoms with E-state index in [1.54, 1.807) is 19.1 Å². The first-order valence-corrected chi connectivity index (χ1v) is 6.71. The van der Waals surface area contributed by atoms with Crippen LogP contribution in [0.1, 0.15) is 30.6 Å². The SMILES string of the molecule is COc1cc(OC)c(C(=O)N[C@H](C)C[C@H](C)O)cc1OC. The molecule has 1 aromatic rings. The van der Waals surface area contributed by atoms with Gasteiger partial charge in [-0.2, -0.15) is 0 Å². The lowest BCUT2D eigenvalue weighted by atomic mass is 10.1. The lowest BCUT2D eigenvalue weighted by molar-refractivity contribution is 0.0919. The molecule has 2 atom stereocenters. The topological polar surface area (TPSA) is 77.0 Å². The fourth-order valence-corrected chi connectivity index (χ4v) is 2.08. The number of carbonyl (C=O) groups is 1. The minimum absolute atomic E-state index is 0.157. The highest BCUT2D eigenvalue weighted by molar-refractivity contribution is 5.98. The predicted octanol–water partition coefficient (Wildman–Crippen LogP) is 1.60. The van der Waals surface area contributed by atoms with Gasteiger partial charge in [0, 0.05) is 18.2 Å². The molecule has 0 spiro atoms. The van der Waals surface area contributed by atoms with Gasteiger partial charge < -0.3 is 24.6 Å². The Hall–Kier alpha value is -1.95. The lowest BCUT2D eigenvalue weighted by Gasteiger charge is -2.18. The first kappa shape index (κ1) is 17.1. The Balaban J connectivity index is 3.02. The second-order valence-corrected chi connectivity index (χ2v) is 4.87. The number of aliphatic hydroxyl groups excluding tert-OH is 1. The van der Waals surface area contributed by atoms with Crippen LogP contribution in [0, 0.1) is 0 Å². The van der Waals surface area contributed by atoms with Crippen molar-refractivity contribution < 1.29 is 24.1 Å². The van der Waals surface area contributed by atoms with Crippen LogP contribution in [0.25, 0.3) is 0 Å². The van der Waals surface area contributed by atoms with Crippen LogP contribution in [-0.2, 0) is 0 Å². The van der Waals surface area contributed by atoms with E-state index < -0.39 is 6.10 Å². The molecule has 1 aromatic carbocycles. The van der Waals surface area contributed by atoms with Gasteiger partial charge in [-0.15, -0.1) is 0 Å². The molecule has 0 unspecified atom stereocenters. The summed E-state index contributed by atoms with van der Waals surface area (Å²) in [6.07, 6.45) is -0.00552. The smallest absolute Gasteiger partial charge is 0.255 e. The fourth-order valence-electron chi connectivity index (χ4n) is 2.08. The average molecular weight is 297 g/mol. The minimum Gasteiger partial charge on any atom is -0.496 e. The summed E-state index contributed by atoms with van der Waals surface area (Å²) in [5.74, 6) is 1.05. The largest absolute Gasteiger partial charge is 0.496 e. The van der Waals surface area contributed by atoms with Crippen LogP contribution in [0.15, 0.2) is 12.1 Å². The normalized spacial score (nSPS) is 13.2. The molecule has 0 aliphatic carbocycles. The maximum Gasteiger partial charge on any atom is 0.255 e. The van der Waals surface area contributed by atoms with E-state index in [1.165, 1.54) is 21.3 Å². The van der Waals surface area contributed by atoms with Gasteiger partial charge in [-0.05, 0) is 20.3 Å². The summed E-state index contributed by atoms with van der Waals surface area (Å²) in [6.45, 7) is 3.51. The molecule has 0 aliphatic heterocycles. The summed E-state index contributed by atoms with van der Waals surface area (Å²) in [5.41, 5.74) is 0.354. The molecule has 0 saturated heterocycles. The van der Waals surface area contributed by atoms with Gasteiger partial charge in [-0.1, -0.05) is 0 Å². The number of aliphatic hydroxyl groups is 1. The van der Waals surface area contributed by atoms with Crippen LogP contribution in [0.2, 0.25) is 0 Å². The van der Waals surface area contributed by atoms with Gasteiger partial charge in [0.2, 0.25) is 0 Å². The number of hydrogen-bond acceptors (Lipinski definition) is 5. The Kier molecular flexibility index (Phi) is 6.30. The van der Waals surface area contributed by atoms with E-state index in [2.05, 4.69) is 5.32 Å². The third kappa shape index (κ3) is 4.53. The van der Waals surface area contributed by atoms with E-state index in [1.807, 2.05) is 6.92 Å². The summed E-state index contributed by atoms with van der Waals surface area (Å²) in [6, 6.07) is 3.02. The molecule has 0 radical (unpaired) electrons. The maximum atomic E-state index is 12.3. The summed E-state index contributed by atoms with van der Waals surface area (Å²) in [5, 5.41) is 12.2. The average Bonchev–Trinajstić information content (AvgIpc) is 2.44. The van der Waals surface area contributed by atoms with E-state index in [4.69, 9.17) is 14.2 Å². The van der Waals surface area contributed by atoms with E-state index in [0.29, 0.717) is 29.2 Å². The second-order valence-electron chi connectivity index (χ2n) is 4.87. The van der Waals surface area contributed by atoms with Gasteiger partial charge in [0.05, 0.1) is 33.0 Å². The highest BCUT2D eigenvalue weighted by atomic mass is 16.5. The summed E-state index contributed by atoms with van der Waals surface area (Å²) in [4.78, 5) is 12.3.